The van der Waals surface area contributed by atoms with E-state index in [0.29, 0.717) is 5.52 Å². The molecule has 0 spiro atoms. The third-order valence-corrected chi connectivity index (χ3v) is 7.68. The van der Waals surface area contributed by atoms with Crippen molar-refractivity contribution in [2.75, 3.05) is 42.6 Å². The van der Waals surface area contributed by atoms with Gasteiger partial charge in [-0.25, -0.2) is 18.4 Å². The number of pyridine rings is 1. The fourth-order valence-corrected chi connectivity index (χ4v) is 5.39. The number of nitrogens with zero attached hydrogens (tertiary/aromatic N) is 3. The number of aliphatic hydroxyl groups excluding tert-OH is 1. The second-order valence-corrected chi connectivity index (χ2v) is 10.7. The number of amides is 1. The molecule has 1 aliphatic carbocycles. The number of aliphatic hydroxyl groups is 2. The van der Waals surface area contributed by atoms with Crippen LogP contribution in [0.1, 0.15) is 25.3 Å². The maximum atomic E-state index is 15.3. The number of halogens is 2. The SMILES string of the molecule is O=C(O)Oc1cn(C2CC2)c2cc(N3CC[C@](O)(COc4ccc(N5C[C@H](CO)OC5=O)cc4F)C3)c(F)cc2c1=O. The van der Waals surface area contributed by atoms with Crippen LogP contribution in [0.15, 0.2) is 41.3 Å². The number of cyclic esters (lactones) is 1. The molecular formula is C28H27F2N3O9. The summed E-state index contributed by atoms with van der Waals surface area (Å²) in [5.41, 5.74) is -1.41. The number of benzene rings is 2. The van der Waals surface area contributed by atoms with Gasteiger partial charge >= 0.3 is 12.2 Å². The van der Waals surface area contributed by atoms with Crippen LogP contribution < -0.4 is 24.7 Å². The van der Waals surface area contributed by atoms with Gasteiger partial charge in [0.2, 0.25) is 5.43 Å². The molecule has 14 heteroatoms. The van der Waals surface area contributed by atoms with Crippen molar-refractivity contribution in [2.45, 2.75) is 37.0 Å². The molecule has 3 heterocycles. The first-order chi connectivity index (χ1) is 20.0. The second-order valence-electron chi connectivity index (χ2n) is 10.7. The van der Waals surface area contributed by atoms with Crippen LogP contribution in [0.5, 0.6) is 11.5 Å². The highest BCUT2D eigenvalue weighted by atomic mass is 19.1. The quantitative estimate of drug-likeness (QED) is 0.336. The average Bonchev–Trinajstić information content (AvgIpc) is 3.62. The van der Waals surface area contributed by atoms with E-state index in [1.807, 2.05) is 0 Å². The summed E-state index contributed by atoms with van der Waals surface area (Å²) < 4.78 is 47.1. The molecule has 2 aromatic carbocycles. The van der Waals surface area contributed by atoms with Gasteiger partial charge in [-0.1, -0.05) is 0 Å². The largest absolute Gasteiger partial charge is 0.511 e. The molecule has 0 unspecified atom stereocenters. The predicted molar refractivity (Wildman–Crippen MR) is 143 cm³/mol. The number of anilines is 2. The Bertz CT molecular complexity index is 1640. The molecule has 0 radical (unpaired) electrons. The van der Waals surface area contributed by atoms with Gasteiger partial charge in [0.25, 0.3) is 0 Å². The number of ether oxygens (including phenoxy) is 3. The number of hydrogen-bond acceptors (Lipinski definition) is 9. The van der Waals surface area contributed by atoms with E-state index >= 15 is 4.39 Å². The summed E-state index contributed by atoms with van der Waals surface area (Å²) in [6.45, 7) is -0.362. The average molecular weight is 588 g/mol. The summed E-state index contributed by atoms with van der Waals surface area (Å²) in [7, 11) is 0. The van der Waals surface area contributed by atoms with Crippen LogP contribution in [0.3, 0.4) is 0 Å². The van der Waals surface area contributed by atoms with Crippen molar-refractivity contribution in [1.82, 2.24) is 4.57 Å². The van der Waals surface area contributed by atoms with Crippen LogP contribution in [-0.2, 0) is 4.74 Å². The Morgan fingerprint density at radius 2 is 1.90 bits per heavy atom. The van der Waals surface area contributed by atoms with E-state index in [1.54, 1.807) is 9.47 Å². The van der Waals surface area contributed by atoms with E-state index in [0.717, 1.165) is 25.0 Å². The van der Waals surface area contributed by atoms with Gasteiger partial charge < -0.3 is 39.0 Å². The van der Waals surface area contributed by atoms with Crippen LogP contribution in [0, 0.1) is 11.6 Å². The lowest BCUT2D eigenvalue weighted by Gasteiger charge is -2.25. The predicted octanol–water partition coefficient (Wildman–Crippen LogP) is 3.01. The standard InChI is InChI=1S/C28H27F2N3O9/c29-19-8-18-21(32(15-1-2-15)11-24(25(18)35)42-27(37)38)9-22(19)31-6-5-28(39,13-31)14-40-23-4-3-16(7-20(23)30)33-10-17(12-34)41-26(33)36/h3-4,7-9,11,15,17,34,39H,1-2,5-6,10,12-14H2,(H,37,38)/t17-,28-/m1/s1. The molecule has 1 saturated carbocycles. The Labute approximate surface area is 236 Å². The summed E-state index contributed by atoms with van der Waals surface area (Å²) >= 11 is 0. The first-order valence-electron chi connectivity index (χ1n) is 13.3. The fraction of sp³-hybridized carbons (Fsp3) is 0.393. The lowest BCUT2D eigenvalue weighted by Crippen LogP contribution is -2.39. The molecule has 1 aromatic heterocycles. The molecule has 6 rings (SSSR count). The summed E-state index contributed by atoms with van der Waals surface area (Å²) in [6, 6.07) is 6.44. The molecule has 222 valence electrons. The van der Waals surface area contributed by atoms with Crippen LogP contribution in [0.4, 0.5) is 29.7 Å². The van der Waals surface area contributed by atoms with E-state index in [1.165, 1.54) is 29.3 Å². The molecule has 3 aromatic rings. The van der Waals surface area contributed by atoms with Gasteiger partial charge in [0.15, 0.2) is 17.3 Å². The van der Waals surface area contributed by atoms with Gasteiger partial charge in [-0.3, -0.25) is 9.69 Å². The number of hydrogen-bond donors (Lipinski definition) is 3. The van der Waals surface area contributed by atoms with Crippen molar-refractivity contribution < 1.29 is 47.9 Å². The Hall–Kier alpha value is -4.43. The van der Waals surface area contributed by atoms with Gasteiger partial charge in [-0.05, 0) is 43.5 Å². The Kier molecular flexibility index (Phi) is 6.89. The highest BCUT2D eigenvalue weighted by Crippen LogP contribution is 2.40. The number of rotatable bonds is 8. The second kappa shape index (κ2) is 10.4. The van der Waals surface area contributed by atoms with Gasteiger partial charge in [0.05, 0.1) is 48.2 Å². The topological polar surface area (TPSA) is 151 Å². The van der Waals surface area contributed by atoms with Crippen LogP contribution >= 0.6 is 0 Å². The van der Waals surface area contributed by atoms with Crippen LogP contribution in [0.2, 0.25) is 0 Å². The minimum absolute atomic E-state index is 0.0139. The Morgan fingerprint density at radius 1 is 1.12 bits per heavy atom. The fourth-order valence-electron chi connectivity index (χ4n) is 5.39. The molecule has 42 heavy (non-hydrogen) atoms. The van der Waals surface area contributed by atoms with Gasteiger partial charge in [-0.2, -0.15) is 0 Å². The molecule has 2 atom stereocenters. The molecule has 2 saturated heterocycles. The van der Waals surface area contributed by atoms with E-state index in [4.69, 9.17) is 14.6 Å². The normalized spacial score (nSPS) is 22.1. The monoisotopic (exact) mass is 587 g/mol. The zero-order valence-corrected chi connectivity index (χ0v) is 22.2. The lowest BCUT2D eigenvalue weighted by molar-refractivity contribution is 0.0133. The number of carboxylic acid groups (broad SMARTS) is 1. The lowest BCUT2D eigenvalue weighted by atomic mass is 10.1. The molecule has 3 aliphatic rings. The molecule has 12 nitrogen and oxygen atoms in total. The van der Waals surface area contributed by atoms with E-state index in [2.05, 4.69) is 4.74 Å². The summed E-state index contributed by atoms with van der Waals surface area (Å²) in [5.74, 6) is -2.06. The van der Waals surface area contributed by atoms with Gasteiger partial charge in [0, 0.05) is 18.7 Å². The number of β-amino-alcohol motifs (C(OH)–C–C–N with tert-alkyl or cyclic N) is 1. The highest BCUT2D eigenvalue weighted by molar-refractivity contribution is 5.90. The number of aromatic nitrogens is 1. The Morgan fingerprint density at radius 3 is 2.57 bits per heavy atom. The third-order valence-electron chi connectivity index (χ3n) is 7.68. The molecule has 3 N–H and O–H groups in total. The number of carbonyl (C=O) groups excluding carboxylic acids is 1. The Balaban J connectivity index is 1.19. The smallest absolute Gasteiger partial charge is 0.487 e. The van der Waals surface area contributed by atoms with Crippen molar-refractivity contribution in [2.24, 2.45) is 0 Å². The highest BCUT2D eigenvalue weighted by Gasteiger charge is 2.39. The minimum Gasteiger partial charge on any atom is -0.487 e. The molecular weight excluding hydrogens is 560 g/mol. The van der Waals surface area contributed by atoms with E-state index < -0.39 is 46.8 Å². The zero-order chi connectivity index (χ0) is 29.8. The van der Waals surface area contributed by atoms with Gasteiger partial charge in [0.1, 0.15) is 24.1 Å². The maximum absolute atomic E-state index is 15.3. The van der Waals surface area contributed by atoms with E-state index in [-0.39, 0.29) is 67.8 Å². The number of carbonyl (C=O) groups is 2. The van der Waals surface area contributed by atoms with Crippen molar-refractivity contribution in [3.63, 3.8) is 0 Å². The summed E-state index contributed by atoms with van der Waals surface area (Å²) in [6.07, 6.45) is 0.0750. The minimum atomic E-state index is -1.65. The summed E-state index contributed by atoms with van der Waals surface area (Å²) in [5, 5.41) is 29.3. The summed E-state index contributed by atoms with van der Waals surface area (Å²) in [4.78, 5) is 38.7. The molecule has 2 aliphatic heterocycles. The van der Waals surface area contributed by atoms with Crippen molar-refractivity contribution in [3.05, 3.63) is 58.4 Å². The molecule has 0 bridgehead atoms. The van der Waals surface area contributed by atoms with Crippen molar-refractivity contribution in [3.8, 4) is 11.5 Å². The first kappa shape index (κ1) is 27.7. The first-order valence-corrected chi connectivity index (χ1v) is 13.3. The number of fused-ring (bicyclic) bond motifs is 1. The zero-order valence-electron chi connectivity index (χ0n) is 22.2. The van der Waals surface area contributed by atoms with Crippen LogP contribution in [-0.4, -0.2) is 76.7 Å². The van der Waals surface area contributed by atoms with Crippen molar-refractivity contribution in [1.29, 1.82) is 0 Å². The van der Waals surface area contributed by atoms with Crippen LogP contribution in [0.25, 0.3) is 10.9 Å². The van der Waals surface area contributed by atoms with Crippen molar-refractivity contribution >= 4 is 34.5 Å². The van der Waals surface area contributed by atoms with Gasteiger partial charge in [-0.15, -0.1) is 0 Å². The molecule has 3 fully saturated rings. The molecule has 1 amide bonds. The van der Waals surface area contributed by atoms with E-state index in [9.17, 15) is 29.0 Å². The maximum Gasteiger partial charge on any atom is 0.511 e. The third kappa shape index (κ3) is 5.18.